The Morgan fingerprint density at radius 1 is 1.30 bits per heavy atom. The van der Waals surface area contributed by atoms with Crippen molar-refractivity contribution in [3.05, 3.63) is 0 Å². The fourth-order valence-corrected chi connectivity index (χ4v) is 4.79. The molecule has 0 amide bonds. The lowest BCUT2D eigenvalue weighted by Gasteiger charge is -2.63. The Morgan fingerprint density at radius 2 is 2.05 bits per heavy atom. The molecule has 2 N–H and O–H groups in total. The Bertz CT molecular complexity index is 373. The molecule has 1 aliphatic carbocycles. The predicted octanol–water partition coefficient (Wildman–Crippen LogP) is 1.15. The van der Waals surface area contributed by atoms with Crippen LogP contribution in [0.15, 0.2) is 0 Å². The van der Waals surface area contributed by atoms with Crippen LogP contribution in [0.5, 0.6) is 0 Å². The van der Waals surface area contributed by atoms with E-state index in [-0.39, 0.29) is 11.0 Å². The van der Waals surface area contributed by atoms with E-state index in [1.165, 1.54) is 19.5 Å². The number of ether oxygens (including phenoxy) is 1. The van der Waals surface area contributed by atoms with Crippen molar-refractivity contribution in [2.24, 2.45) is 17.1 Å². The Kier molecular flexibility index (Phi) is 3.65. The highest BCUT2D eigenvalue weighted by Gasteiger charge is 2.67. The third kappa shape index (κ3) is 2.04. The molecule has 20 heavy (non-hydrogen) atoms. The first-order valence-corrected chi connectivity index (χ1v) is 8.19. The molecule has 3 rings (SSSR count). The van der Waals surface area contributed by atoms with Crippen molar-refractivity contribution in [2.75, 3.05) is 39.8 Å². The van der Waals surface area contributed by atoms with Gasteiger partial charge in [0.25, 0.3) is 0 Å². The normalized spacial score (nSPS) is 45.8. The average molecular weight is 281 g/mol. The van der Waals surface area contributed by atoms with Gasteiger partial charge in [-0.15, -0.1) is 0 Å². The first-order valence-electron chi connectivity index (χ1n) is 8.19. The molecule has 4 nitrogen and oxygen atoms in total. The summed E-state index contributed by atoms with van der Waals surface area (Å²) in [5.74, 6) is 0.561. The van der Waals surface area contributed by atoms with Gasteiger partial charge in [-0.3, -0.25) is 4.90 Å². The fraction of sp³-hybridized carbons (Fsp3) is 1.00. The fourth-order valence-electron chi connectivity index (χ4n) is 4.79. The molecule has 4 heteroatoms. The molecule has 2 aliphatic heterocycles. The van der Waals surface area contributed by atoms with Crippen LogP contribution in [0, 0.1) is 11.3 Å². The minimum absolute atomic E-state index is 0.0780. The zero-order valence-corrected chi connectivity index (χ0v) is 13.6. The summed E-state index contributed by atoms with van der Waals surface area (Å²) in [6.45, 7) is 12.4. The SMILES string of the molecule is CC1CN(C)CCCN1CC1(N)C2CCOC2C1(C)C. The third-order valence-electron chi connectivity index (χ3n) is 6.31. The Labute approximate surface area is 123 Å². The van der Waals surface area contributed by atoms with Crippen molar-refractivity contribution >= 4 is 0 Å². The lowest BCUT2D eigenvalue weighted by Crippen LogP contribution is -2.78. The van der Waals surface area contributed by atoms with Crippen LogP contribution in [0.4, 0.5) is 0 Å². The minimum atomic E-state index is -0.0780. The molecule has 1 saturated carbocycles. The van der Waals surface area contributed by atoms with E-state index in [1.54, 1.807) is 0 Å². The van der Waals surface area contributed by atoms with Crippen molar-refractivity contribution in [1.82, 2.24) is 9.80 Å². The van der Waals surface area contributed by atoms with Crippen molar-refractivity contribution in [3.63, 3.8) is 0 Å². The molecule has 4 atom stereocenters. The van der Waals surface area contributed by atoms with Crippen molar-refractivity contribution in [1.29, 1.82) is 0 Å². The van der Waals surface area contributed by atoms with Crippen molar-refractivity contribution in [2.45, 2.75) is 51.3 Å². The van der Waals surface area contributed by atoms with Crippen LogP contribution < -0.4 is 5.73 Å². The molecule has 0 aromatic heterocycles. The first kappa shape index (κ1) is 14.8. The minimum Gasteiger partial charge on any atom is -0.377 e. The summed E-state index contributed by atoms with van der Waals surface area (Å²) in [6, 6.07) is 0.597. The van der Waals surface area contributed by atoms with E-state index in [0.717, 1.165) is 26.1 Å². The van der Waals surface area contributed by atoms with E-state index in [1.807, 2.05) is 0 Å². The number of rotatable bonds is 2. The number of fused-ring (bicyclic) bond motifs is 1. The van der Waals surface area contributed by atoms with Crippen LogP contribution in [-0.2, 0) is 4.74 Å². The molecule has 0 spiro atoms. The number of hydrogen-bond acceptors (Lipinski definition) is 4. The molecule has 0 bridgehead atoms. The van der Waals surface area contributed by atoms with Crippen molar-refractivity contribution in [3.8, 4) is 0 Å². The maximum atomic E-state index is 6.91. The zero-order chi connectivity index (χ0) is 14.5. The highest BCUT2D eigenvalue weighted by molar-refractivity contribution is 5.21. The van der Waals surface area contributed by atoms with Gasteiger partial charge in [0.05, 0.1) is 6.10 Å². The first-order chi connectivity index (χ1) is 9.36. The summed E-state index contributed by atoms with van der Waals surface area (Å²) in [4.78, 5) is 5.07. The van der Waals surface area contributed by atoms with E-state index in [4.69, 9.17) is 10.5 Å². The number of nitrogens with zero attached hydrogens (tertiary/aromatic N) is 2. The lowest BCUT2D eigenvalue weighted by molar-refractivity contribution is -0.165. The third-order valence-corrected chi connectivity index (χ3v) is 6.31. The Morgan fingerprint density at radius 3 is 2.80 bits per heavy atom. The van der Waals surface area contributed by atoms with Crippen LogP contribution in [0.2, 0.25) is 0 Å². The van der Waals surface area contributed by atoms with Crippen LogP contribution in [0.3, 0.4) is 0 Å². The van der Waals surface area contributed by atoms with Gasteiger partial charge in [0.1, 0.15) is 0 Å². The molecule has 4 unspecified atom stereocenters. The molecule has 0 aromatic carbocycles. The quantitative estimate of drug-likeness (QED) is 0.824. The second-order valence-electron chi connectivity index (χ2n) is 7.88. The van der Waals surface area contributed by atoms with E-state index in [2.05, 4.69) is 37.6 Å². The molecule has 0 radical (unpaired) electrons. The number of hydrogen-bond donors (Lipinski definition) is 1. The van der Waals surface area contributed by atoms with Gasteiger partial charge in [-0.1, -0.05) is 13.8 Å². The molecule has 3 aliphatic rings. The second kappa shape index (κ2) is 4.94. The van der Waals surface area contributed by atoms with Gasteiger partial charge in [0.15, 0.2) is 0 Å². The van der Waals surface area contributed by atoms with Gasteiger partial charge < -0.3 is 15.4 Å². The maximum Gasteiger partial charge on any atom is 0.0691 e. The molecule has 0 aromatic rings. The van der Waals surface area contributed by atoms with Crippen LogP contribution in [0.1, 0.15) is 33.6 Å². The Hall–Kier alpha value is -0.160. The van der Waals surface area contributed by atoms with Gasteiger partial charge in [0.2, 0.25) is 0 Å². The van der Waals surface area contributed by atoms with Gasteiger partial charge in [-0.05, 0) is 39.9 Å². The molecular weight excluding hydrogens is 250 g/mol. The number of nitrogens with two attached hydrogens (primary N) is 1. The molecule has 116 valence electrons. The smallest absolute Gasteiger partial charge is 0.0691 e. The number of likely N-dealkylation sites (N-methyl/N-ethyl adjacent to an activating group) is 1. The van der Waals surface area contributed by atoms with E-state index < -0.39 is 0 Å². The van der Waals surface area contributed by atoms with Gasteiger partial charge in [-0.2, -0.15) is 0 Å². The average Bonchev–Trinajstić information content (AvgIpc) is 2.79. The summed E-state index contributed by atoms with van der Waals surface area (Å²) >= 11 is 0. The second-order valence-corrected chi connectivity index (χ2v) is 7.88. The topological polar surface area (TPSA) is 41.7 Å². The van der Waals surface area contributed by atoms with Gasteiger partial charge in [-0.25, -0.2) is 0 Å². The summed E-state index contributed by atoms with van der Waals surface area (Å²) in [7, 11) is 2.23. The highest BCUT2D eigenvalue weighted by Crippen LogP contribution is 2.58. The summed E-state index contributed by atoms with van der Waals surface area (Å²) in [5.41, 5.74) is 6.93. The van der Waals surface area contributed by atoms with E-state index >= 15 is 0 Å². The molecule has 3 fully saturated rings. The zero-order valence-electron chi connectivity index (χ0n) is 13.6. The Balaban J connectivity index is 1.73. The predicted molar refractivity (Wildman–Crippen MR) is 81.7 cm³/mol. The highest BCUT2D eigenvalue weighted by atomic mass is 16.5. The summed E-state index contributed by atoms with van der Waals surface area (Å²) < 4.78 is 5.91. The summed E-state index contributed by atoms with van der Waals surface area (Å²) in [5, 5.41) is 0. The molecule has 2 heterocycles. The summed E-state index contributed by atoms with van der Waals surface area (Å²) in [6.07, 6.45) is 2.78. The standard InChI is InChI=1S/C16H31N3O/c1-12-10-18(4)7-5-8-19(12)11-16(17)13-6-9-20-14(13)15(16,2)3/h12-14H,5-11,17H2,1-4H3. The van der Waals surface area contributed by atoms with Crippen LogP contribution in [0.25, 0.3) is 0 Å². The largest absolute Gasteiger partial charge is 0.377 e. The van der Waals surface area contributed by atoms with Crippen LogP contribution >= 0.6 is 0 Å². The van der Waals surface area contributed by atoms with E-state index in [9.17, 15) is 0 Å². The lowest BCUT2D eigenvalue weighted by atomic mass is 9.48. The van der Waals surface area contributed by atoms with Crippen LogP contribution in [-0.4, -0.2) is 67.3 Å². The maximum absolute atomic E-state index is 6.91. The molecular formula is C16H31N3O. The monoisotopic (exact) mass is 281 g/mol. The van der Waals surface area contributed by atoms with Gasteiger partial charge in [0, 0.05) is 42.6 Å². The van der Waals surface area contributed by atoms with E-state index in [0.29, 0.717) is 18.1 Å². The van der Waals surface area contributed by atoms with Crippen molar-refractivity contribution < 1.29 is 4.74 Å². The molecule has 2 saturated heterocycles. The van der Waals surface area contributed by atoms with Gasteiger partial charge >= 0.3 is 0 Å².